The topological polar surface area (TPSA) is 103 Å². The van der Waals surface area contributed by atoms with Gasteiger partial charge in [0.25, 0.3) is 0 Å². The van der Waals surface area contributed by atoms with E-state index in [0.717, 1.165) is 29.5 Å². The van der Waals surface area contributed by atoms with Gasteiger partial charge in [-0.15, -0.1) is 0 Å². The number of ether oxygens (including phenoxy) is 2. The summed E-state index contributed by atoms with van der Waals surface area (Å²) in [5.74, 6) is 2.47. The Kier molecular flexibility index (Phi) is 8.42. The summed E-state index contributed by atoms with van der Waals surface area (Å²) < 4.78 is 10.8. The van der Waals surface area contributed by atoms with E-state index >= 15 is 0 Å². The first-order chi connectivity index (χ1) is 15.0. The highest BCUT2D eigenvalue weighted by molar-refractivity contribution is 5.50. The number of β-amino-alcohol motifs (C(OH)–C–C–N with tert-alkyl or cyclic N) is 1. The second-order valence-electron chi connectivity index (χ2n) is 7.96. The Hall–Kier alpha value is -2.46. The molecule has 31 heavy (non-hydrogen) atoms. The molecule has 2 heterocycles. The van der Waals surface area contributed by atoms with E-state index in [1.54, 1.807) is 6.33 Å². The highest BCUT2D eigenvalue weighted by Gasteiger charge is 2.36. The zero-order chi connectivity index (χ0) is 22.1. The third-order valence-corrected chi connectivity index (χ3v) is 5.19. The average Bonchev–Trinajstić information content (AvgIpc) is 3.17. The third-order valence-electron chi connectivity index (χ3n) is 5.19. The van der Waals surface area contributed by atoms with Crippen molar-refractivity contribution in [2.75, 3.05) is 70.0 Å². The summed E-state index contributed by atoms with van der Waals surface area (Å²) in [5, 5.41) is 23.0. The summed E-state index contributed by atoms with van der Waals surface area (Å²) in [6, 6.07) is 9.80. The standard InChI is InChI=1S/C22H33N5O4/c1-26(2)20-13-21(25-17-24-20)27-8-7-22(29,16-27)15-23-14-18-3-5-19(6-4-18)31-12-11-30-10-9-28/h3-6,13,17,23,28-29H,7-12,14-16H2,1-2H3/t22-/m1/s1. The van der Waals surface area contributed by atoms with Crippen LogP contribution in [0.5, 0.6) is 5.75 Å². The Balaban J connectivity index is 1.41. The summed E-state index contributed by atoms with van der Waals surface area (Å²) in [7, 11) is 3.89. The molecule has 0 spiro atoms. The Labute approximate surface area is 183 Å². The lowest BCUT2D eigenvalue weighted by Gasteiger charge is -2.24. The largest absolute Gasteiger partial charge is 0.491 e. The molecular weight excluding hydrogens is 398 g/mol. The van der Waals surface area contributed by atoms with Gasteiger partial charge in [0, 0.05) is 46.3 Å². The zero-order valence-corrected chi connectivity index (χ0v) is 18.3. The zero-order valence-electron chi connectivity index (χ0n) is 18.3. The van der Waals surface area contributed by atoms with Crippen molar-refractivity contribution >= 4 is 11.6 Å². The van der Waals surface area contributed by atoms with E-state index in [2.05, 4.69) is 20.2 Å². The molecular formula is C22H33N5O4. The van der Waals surface area contributed by atoms with Gasteiger partial charge < -0.3 is 34.8 Å². The lowest BCUT2D eigenvalue weighted by Crippen LogP contribution is -2.43. The van der Waals surface area contributed by atoms with E-state index in [0.29, 0.717) is 45.9 Å². The molecule has 2 aromatic rings. The quantitative estimate of drug-likeness (QED) is 0.418. The second kappa shape index (κ2) is 11.2. The predicted molar refractivity (Wildman–Crippen MR) is 120 cm³/mol. The van der Waals surface area contributed by atoms with Crippen molar-refractivity contribution in [2.24, 2.45) is 0 Å². The minimum atomic E-state index is -0.791. The maximum atomic E-state index is 11.0. The summed E-state index contributed by atoms with van der Waals surface area (Å²) in [6.45, 7) is 3.72. The Morgan fingerprint density at radius 1 is 1.16 bits per heavy atom. The minimum absolute atomic E-state index is 0.0207. The van der Waals surface area contributed by atoms with E-state index in [9.17, 15) is 5.11 Å². The van der Waals surface area contributed by atoms with E-state index in [-0.39, 0.29) is 6.61 Å². The van der Waals surface area contributed by atoms with Gasteiger partial charge in [-0.2, -0.15) is 0 Å². The van der Waals surface area contributed by atoms with Crippen LogP contribution in [0.1, 0.15) is 12.0 Å². The lowest BCUT2D eigenvalue weighted by molar-refractivity contribution is 0.0626. The first-order valence-corrected chi connectivity index (χ1v) is 10.6. The molecule has 1 aromatic heterocycles. The molecule has 0 radical (unpaired) electrons. The first kappa shape index (κ1) is 23.2. The van der Waals surface area contributed by atoms with Crippen molar-refractivity contribution in [2.45, 2.75) is 18.6 Å². The minimum Gasteiger partial charge on any atom is -0.491 e. The number of benzene rings is 1. The fraction of sp³-hybridized carbons (Fsp3) is 0.545. The second-order valence-corrected chi connectivity index (χ2v) is 7.96. The molecule has 0 amide bonds. The van der Waals surface area contributed by atoms with Crippen LogP contribution < -0.4 is 19.9 Å². The van der Waals surface area contributed by atoms with E-state index in [1.807, 2.05) is 49.3 Å². The van der Waals surface area contributed by atoms with Gasteiger partial charge >= 0.3 is 0 Å². The Bertz CT molecular complexity index is 805. The molecule has 1 aromatic carbocycles. The van der Waals surface area contributed by atoms with Gasteiger partial charge in [-0.3, -0.25) is 0 Å². The van der Waals surface area contributed by atoms with Crippen molar-refractivity contribution in [1.29, 1.82) is 0 Å². The van der Waals surface area contributed by atoms with E-state index in [4.69, 9.17) is 14.6 Å². The monoisotopic (exact) mass is 431 g/mol. The Morgan fingerprint density at radius 2 is 1.97 bits per heavy atom. The molecule has 1 saturated heterocycles. The number of hydrogen-bond acceptors (Lipinski definition) is 9. The van der Waals surface area contributed by atoms with E-state index < -0.39 is 5.60 Å². The summed E-state index contributed by atoms with van der Waals surface area (Å²) in [6.07, 6.45) is 2.25. The number of aliphatic hydroxyl groups is 2. The van der Waals surface area contributed by atoms with Crippen molar-refractivity contribution in [1.82, 2.24) is 15.3 Å². The number of rotatable bonds is 12. The Morgan fingerprint density at radius 3 is 2.71 bits per heavy atom. The normalized spacial score (nSPS) is 18.4. The number of hydrogen-bond donors (Lipinski definition) is 3. The molecule has 1 aliphatic rings. The molecule has 170 valence electrons. The van der Waals surface area contributed by atoms with Crippen molar-refractivity contribution in [3.8, 4) is 5.75 Å². The molecule has 3 N–H and O–H groups in total. The van der Waals surface area contributed by atoms with Crippen LogP contribution in [-0.2, 0) is 11.3 Å². The summed E-state index contributed by atoms with van der Waals surface area (Å²) in [4.78, 5) is 12.7. The number of anilines is 2. The van der Waals surface area contributed by atoms with Gasteiger partial charge in [0.15, 0.2) is 0 Å². The summed E-state index contributed by atoms with van der Waals surface area (Å²) >= 11 is 0. The number of nitrogens with zero attached hydrogens (tertiary/aromatic N) is 4. The maximum absolute atomic E-state index is 11.0. The fourth-order valence-corrected chi connectivity index (χ4v) is 3.48. The van der Waals surface area contributed by atoms with Crippen LogP contribution in [0.4, 0.5) is 11.6 Å². The highest BCUT2D eigenvalue weighted by atomic mass is 16.5. The first-order valence-electron chi connectivity index (χ1n) is 10.6. The predicted octanol–water partition coefficient (Wildman–Crippen LogP) is 0.661. The van der Waals surface area contributed by atoms with Crippen LogP contribution in [-0.4, -0.2) is 85.9 Å². The third kappa shape index (κ3) is 7.03. The van der Waals surface area contributed by atoms with Gasteiger partial charge in [-0.05, 0) is 24.1 Å². The SMILES string of the molecule is CN(C)c1cc(N2CC[C@@](O)(CNCc3ccc(OCCOCCO)cc3)C2)ncn1. The smallest absolute Gasteiger partial charge is 0.134 e. The number of aliphatic hydroxyl groups excluding tert-OH is 1. The van der Waals surface area contributed by atoms with Crippen LogP contribution in [0.3, 0.4) is 0 Å². The highest BCUT2D eigenvalue weighted by Crippen LogP contribution is 2.26. The van der Waals surface area contributed by atoms with Gasteiger partial charge in [-0.25, -0.2) is 9.97 Å². The van der Waals surface area contributed by atoms with Crippen LogP contribution >= 0.6 is 0 Å². The molecule has 9 heteroatoms. The number of nitrogens with one attached hydrogen (secondary N) is 1. The van der Waals surface area contributed by atoms with Crippen LogP contribution in [0.15, 0.2) is 36.7 Å². The molecule has 0 saturated carbocycles. The summed E-state index contributed by atoms with van der Waals surface area (Å²) in [5.41, 5.74) is 0.328. The van der Waals surface area contributed by atoms with Crippen molar-refractivity contribution in [3.05, 3.63) is 42.2 Å². The fourth-order valence-electron chi connectivity index (χ4n) is 3.48. The van der Waals surface area contributed by atoms with E-state index in [1.165, 1.54) is 0 Å². The molecule has 1 atom stereocenters. The lowest BCUT2D eigenvalue weighted by atomic mass is 10.0. The molecule has 1 fully saturated rings. The number of aromatic nitrogens is 2. The van der Waals surface area contributed by atoms with Gasteiger partial charge in [0.05, 0.1) is 25.4 Å². The average molecular weight is 432 g/mol. The van der Waals surface area contributed by atoms with Gasteiger partial charge in [0.1, 0.15) is 30.3 Å². The van der Waals surface area contributed by atoms with Crippen LogP contribution in [0.2, 0.25) is 0 Å². The van der Waals surface area contributed by atoms with Crippen LogP contribution in [0, 0.1) is 0 Å². The van der Waals surface area contributed by atoms with Crippen molar-refractivity contribution in [3.63, 3.8) is 0 Å². The molecule has 0 aliphatic carbocycles. The maximum Gasteiger partial charge on any atom is 0.134 e. The molecule has 0 unspecified atom stereocenters. The van der Waals surface area contributed by atoms with Gasteiger partial charge in [0.2, 0.25) is 0 Å². The molecule has 1 aliphatic heterocycles. The molecule has 9 nitrogen and oxygen atoms in total. The molecule has 0 bridgehead atoms. The molecule has 3 rings (SSSR count). The van der Waals surface area contributed by atoms with Crippen LogP contribution in [0.25, 0.3) is 0 Å². The van der Waals surface area contributed by atoms with Gasteiger partial charge in [-0.1, -0.05) is 12.1 Å². The van der Waals surface area contributed by atoms with Crippen molar-refractivity contribution < 1.29 is 19.7 Å².